The van der Waals surface area contributed by atoms with Crippen LogP contribution < -0.4 is 5.32 Å². The molecule has 1 aromatic carbocycles. The first-order valence-electron chi connectivity index (χ1n) is 7.75. The Morgan fingerprint density at radius 3 is 2.84 bits per heavy atom. The van der Waals surface area contributed by atoms with Gasteiger partial charge in [0.1, 0.15) is 5.82 Å². The number of halogens is 2. The third-order valence-electron chi connectivity index (χ3n) is 3.73. The quantitative estimate of drug-likeness (QED) is 0.714. The van der Waals surface area contributed by atoms with Gasteiger partial charge in [-0.3, -0.25) is 9.48 Å². The lowest BCUT2D eigenvalue weighted by Crippen LogP contribution is -2.16. The monoisotopic (exact) mass is 377 g/mol. The predicted octanol–water partition coefficient (Wildman–Crippen LogP) is 3.54. The van der Waals surface area contributed by atoms with E-state index in [1.165, 1.54) is 0 Å². The van der Waals surface area contributed by atoms with E-state index >= 15 is 0 Å². The summed E-state index contributed by atoms with van der Waals surface area (Å²) < 4.78 is 3.40. The summed E-state index contributed by atoms with van der Waals surface area (Å²) in [6, 6.07) is 7.20. The number of hydrogen-bond donors (Lipinski definition) is 1. The first-order chi connectivity index (χ1) is 12.0. The maximum Gasteiger partial charge on any atom is 0.225 e. The van der Waals surface area contributed by atoms with E-state index in [1.54, 1.807) is 33.9 Å². The van der Waals surface area contributed by atoms with Crippen LogP contribution in [0.4, 0.5) is 5.82 Å². The highest BCUT2D eigenvalue weighted by molar-refractivity contribution is 6.42. The number of nitrogens with one attached hydrogen (secondary N) is 1. The van der Waals surface area contributed by atoms with E-state index in [-0.39, 0.29) is 5.91 Å². The minimum atomic E-state index is -0.0807. The summed E-state index contributed by atoms with van der Waals surface area (Å²) in [6.07, 6.45) is 6.30. The molecule has 0 atom stereocenters. The summed E-state index contributed by atoms with van der Waals surface area (Å²) in [5.41, 5.74) is 1.86. The largest absolute Gasteiger partial charge is 0.311 e. The molecule has 0 radical (unpaired) electrons. The average molecular weight is 378 g/mol. The Balaban J connectivity index is 1.63. The molecule has 0 aliphatic carbocycles. The van der Waals surface area contributed by atoms with E-state index < -0.39 is 0 Å². The third kappa shape index (κ3) is 4.41. The van der Waals surface area contributed by atoms with Crippen molar-refractivity contribution in [3.05, 3.63) is 64.0 Å². The fourth-order valence-electron chi connectivity index (χ4n) is 2.46. The molecule has 2 aromatic heterocycles. The molecule has 0 aliphatic heterocycles. The van der Waals surface area contributed by atoms with Gasteiger partial charge in [0.25, 0.3) is 0 Å². The minimum absolute atomic E-state index is 0.0807. The van der Waals surface area contributed by atoms with Crippen molar-refractivity contribution in [3.8, 4) is 0 Å². The van der Waals surface area contributed by atoms with E-state index in [1.807, 2.05) is 25.4 Å². The second-order valence-electron chi connectivity index (χ2n) is 5.66. The van der Waals surface area contributed by atoms with Crippen LogP contribution in [0.3, 0.4) is 0 Å². The van der Waals surface area contributed by atoms with Crippen molar-refractivity contribution in [1.29, 1.82) is 0 Å². The molecule has 0 saturated carbocycles. The van der Waals surface area contributed by atoms with Crippen LogP contribution in [0.2, 0.25) is 10.0 Å². The number of carbonyl (C=O) groups is 1. The molecule has 1 N–H and O–H groups in total. The van der Waals surface area contributed by atoms with Gasteiger partial charge in [0.15, 0.2) is 0 Å². The molecule has 0 bridgehead atoms. The van der Waals surface area contributed by atoms with Crippen molar-refractivity contribution in [3.63, 3.8) is 0 Å². The lowest BCUT2D eigenvalue weighted by Gasteiger charge is -2.10. The number of rotatable bonds is 6. The van der Waals surface area contributed by atoms with Gasteiger partial charge in [-0.15, -0.1) is 0 Å². The molecule has 0 aliphatic rings. The number of hydrogen-bond acceptors (Lipinski definition) is 3. The molecule has 8 heteroatoms. The maximum absolute atomic E-state index is 12.2. The average Bonchev–Trinajstić information content (AvgIpc) is 3.19. The van der Waals surface area contributed by atoms with Gasteiger partial charge in [-0.05, 0) is 23.6 Å². The molecule has 0 fully saturated rings. The molecule has 2 heterocycles. The van der Waals surface area contributed by atoms with Crippen LogP contribution >= 0.6 is 23.2 Å². The van der Waals surface area contributed by atoms with Crippen molar-refractivity contribution >= 4 is 34.9 Å². The van der Waals surface area contributed by atoms with E-state index in [0.717, 1.165) is 11.1 Å². The summed E-state index contributed by atoms with van der Waals surface area (Å²) in [7, 11) is 1.85. The second-order valence-corrected chi connectivity index (χ2v) is 6.44. The first kappa shape index (κ1) is 17.5. The lowest BCUT2D eigenvalue weighted by atomic mass is 10.2. The molecule has 1 amide bonds. The van der Waals surface area contributed by atoms with E-state index in [2.05, 4.69) is 15.5 Å². The Morgan fingerprint density at radius 2 is 2.08 bits per heavy atom. The van der Waals surface area contributed by atoms with Crippen molar-refractivity contribution in [1.82, 2.24) is 19.6 Å². The van der Waals surface area contributed by atoms with Crippen molar-refractivity contribution < 1.29 is 4.79 Å². The summed E-state index contributed by atoms with van der Waals surface area (Å²) in [4.78, 5) is 12.2. The maximum atomic E-state index is 12.2. The fourth-order valence-corrected chi connectivity index (χ4v) is 2.84. The first-order valence-corrected chi connectivity index (χ1v) is 8.50. The highest BCUT2D eigenvalue weighted by Crippen LogP contribution is 2.26. The highest BCUT2D eigenvalue weighted by atomic mass is 35.5. The summed E-state index contributed by atoms with van der Waals surface area (Å²) in [6.45, 7) is 0.421. The third-order valence-corrected chi connectivity index (χ3v) is 4.59. The summed E-state index contributed by atoms with van der Waals surface area (Å²) in [5, 5.41) is 12.2. The molecular weight excluding hydrogens is 361 g/mol. The molecule has 0 unspecified atom stereocenters. The van der Waals surface area contributed by atoms with Crippen molar-refractivity contribution in [2.45, 2.75) is 19.4 Å². The molecule has 3 aromatic rings. The Morgan fingerprint density at radius 1 is 1.24 bits per heavy atom. The predicted molar refractivity (Wildman–Crippen MR) is 97.9 cm³/mol. The van der Waals surface area contributed by atoms with Crippen molar-refractivity contribution in [2.24, 2.45) is 7.05 Å². The highest BCUT2D eigenvalue weighted by Gasteiger charge is 2.11. The Bertz CT molecular complexity index is 887. The van der Waals surface area contributed by atoms with Gasteiger partial charge in [0.05, 0.1) is 29.0 Å². The summed E-state index contributed by atoms with van der Waals surface area (Å²) in [5.74, 6) is 0.537. The van der Waals surface area contributed by atoms with E-state index in [0.29, 0.717) is 35.2 Å². The molecule has 3 rings (SSSR count). The Hall–Kier alpha value is -2.31. The van der Waals surface area contributed by atoms with Gasteiger partial charge in [0.2, 0.25) is 5.91 Å². The second kappa shape index (κ2) is 7.72. The van der Waals surface area contributed by atoms with Crippen LogP contribution in [-0.4, -0.2) is 25.5 Å². The zero-order valence-corrected chi connectivity index (χ0v) is 15.1. The van der Waals surface area contributed by atoms with Gasteiger partial charge < -0.3 is 5.32 Å². The van der Waals surface area contributed by atoms with E-state index in [4.69, 9.17) is 23.2 Å². The molecule has 0 spiro atoms. The standard InChI is InChI=1S/C17H17Cl2N5O/c1-23-10-12(9-21-23)5-6-16(25)22-15-7-8-20-24(15)11-13-3-2-4-14(18)17(13)19/h2-4,7-10H,5-6,11H2,1H3,(H,22,25). The number of benzene rings is 1. The van der Waals surface area contributed by atoms with Crippen LogP contribution in [-0.2, 0) is 24.8 Å². The topological polar surface area (TPSA) is 64.7 Å². The number of aromatic nitrogens is 4. The zero-order chi connectivity index (χ0) is 17.8. The minimum Gasteiger partial charge on any atom is -0.311 e. The van der Waals surface area contributed by atoms with Gasteiger partial charge in [-0.25, -0.2) is 4.68 Å². The Labute approximate surface area is 155 Å². The van der Waals surface area contributed by atoms with Crippen LogP contribution in [0, 0.1) is 0 Å². The van der Waals surface area contributed by atoms with Crippen LogP contribution in [0.25, 0.3) is 0 Å². The fraction of sp³-hybridized carbons (Fsp3) is 0.235. The number of carbonyl (C=O) groups excluding carboxylic acids is 1. The van der Waals surface area contributed by atoms with E-state index in [9.17, 15) is 4.79 Å². The normalized spacial score (nSPS) is 10.8. The van der Waals surface area contributed by atoms with Crippen LogP contribution in [0.1, 0.15) is 17.5 Å². The lowest BCUT2D eigenvalue weighted by molar-refractivity contribution is -0.116. The van der Waals surface area contributed by atoms with Crippen molar-refractivity contribution in [2.75, 3.05) is 5.32 Å². The SMILES string of the molecule is Cn1cc(CCC(=O)Nc2ccnn2Cc2cccc(Cl)c2Cl)cn1. The Kier molecular flexibility index (Phi) is 5.40. The molecule has 130 valence electrons. The molecule has 6 nitrogen and oxygen atoms in total. The number of aryl methyl sites for hydroxylation is 2. The van der Waals surface area contributed by atoms with Gasteiger partial charge in [-0.1, -0.05) is 35.3 Å². The molecule has 25 heavy (non-hydrogen) atoms. The smallest absolute Gasteiger partial charge is 0.225 e. The molecular formula is C17H17Cl2N5O. The van der Waals surface area contributed by atoms with Crippen LogP contribution in [0.5, 0.6) is 0 Å². The van der Waals surface area contributed by atoms with Gasteiger partial charge in [-0.2, -0.15) is 10.2 Å². The number of anilines is 1. The zero-order valence-electron chi connectivity index (χ0n) is 13.6. The van der Waals surface area contributed by atoms with Crippen LogP contribution in [0.15, 0.2) is 42.9 Å². The molecule has 0 saturated heterocycles. The van der Waals surface area contributed by atoms with Gasteiger partial charge >= 0.3 is 0 Å². The number of amides is 1. The number of nitrogens with zero attached hydrogens (tertiary/aromatic N) is 4. The van der Waals surface area contributed by atoms with Gasteiger partial charge in [0, 0.05) is 25.7 Å². The summed E-state index contributed by atoms with van der Waals surface area (Å²) >= 11 is 12.3.